The van der Waals surface area contributed by atoms with Crippen molar-refractivity contribution < 1.29 is 14.6 Å². The number of nitrogens with zero attached hydrogens (tertiary/aromatic N) is 1. The van der Waals surface area contributed by atoms with E-state index in [1.807, 2.05) is 37.3 Å². The molecule has 1 aromatic heterocycles. The van der Waals surface area contributed by atoms with E-state index >= 15 is 0 Å². The van der Waals surface area contributed by atoms with E-state index in [0.29, 0.717) is 0 Å². The van der Waals surface area contributed by atoms with Gasteiger partial charge in [0.15, 0.2) is 0 Å². The number of hydrogen-bond acceptors (Lipinski definition) is 4. The third-order valence-corrected chi connectivity index (χ3v) is 3.98. The first-order valence-corrected chi connectivity index (χ1v) is 7.61. The van der Waals surface area contributed by atoms with Crippen molar-refractivity contribution in [1.82, 2.24) is 4.98 Å². The summed E-state index contributed by atoms with van der Waals surface area (Å²) in [7, 11) is 1.64. The van der Waals surface area contributed by atoms with Crippen molar-refractivity contribution in [3.05, 3.63) is 65.9 Å². The summed E-state index contributed by atoms with van der Waals surface area (Å²) in [6.45, 7) is 2.05. The first kappa shape index (κ1) is 15.8. The molecule has 0 spiro atoms. The summed E-state index contributed by atoms with van der Waals surface area (Å²) >= 11 is 0. The van der Waals surface area contributed by atoms with Gasteiger partial charge >= 0.3 is 5.97 Å². The molecule has 2 N–H and O–H groups in total. The fourth-order valence-corrected chi connectivity index (χ4v) is 2.61. The summed E-state index contributed by atoms with van der Waals surface area (Å²) < 4.78 is 5.17. The summed E-state index contributed by atoms with van der Waals surface area (Å²) in [4.78, 5) is 15.5. The van der Waals surface area contributed by atoms with Gasteiger partial charge in [0, 0.05) is 17.6 Å². The molecule has 0 radical (unpaired) electrons. The first-order chi connectivity index (χ1) is 11.6. The van der Waals surface area contributed by atoms with Crippen LogP contribution in [-0.4, -0.2) is 23.2 Å². The molecule has 122 valence electrons. The Kier molecular flexibility index (Phi) is 4.33. The molecule has 1 atom stereocenters. The van der Waals surface area contributed by atoms with Gasteiger partial charge in [-0.15, -0.1) is 0 Å². The number of carboxylic acid groups (broad SMARTS) is 1. The summed E-state index contributed by atoms with van der Waals surface area (Å²) in [5.74, 6) is 0.609. The second-order valence-corrected chi connectivity index (χ2v) is 5.54. The van der Waals surface area contributed by atoms with Crippen LogP contribution in [0.25, 0.3) is 10.8 Å². The van der Waals surface area contributed by atoms with E-state index in [1.165, 1.54) is 0 Å². The van der Waals surface area contributed by atoms with E-state index < -0.39 is 5.97 Å². The number of carbonyl (C=O) groups is 1. The van der Waals surface area contributed by atoms with Gasteiger partial charge in [0.2, 0.25) is 0 Å². The van der Waals surface area contributed by atoms with Crippen LogP contribution in [0, 0.1) is 0 Å². The summed E-state index contributed by atoms with van der Waals surface area (Å²) in [5, 5.41) is 14.2. The maximum Gasteiger partial charge on any atom is 0.335 e. The highest BCUT2D eigenvalue weighted by molar-refractivity contribution is 5.98. The lowest BCUT2D eigenvalue weighted by Gasteiger charge is -2.17. The van der Waals surface area contributed by atoms with E-state index in [0.717, 1.165) is 27.9 Å². The van der Waals surface area contributed by atoms with Gasteiger partial charge in [-0.05, 0) is 54.3 Å². The van der Waals surface area contributed by atoms with Crippen molar-refractivity contribution in [1.29, 1.82) is 0 Å². The summed E-state index contributed by atoms with van der Waals surface area (Å²) in [5.41, 5.74) is 1.37. The number of pyridine rings is 1. The highest BCUT2D eigenvalue weighted by atomic mass is 16.5. The number of nitrogens with one attached hydrogen (secondary N) is 1. The Balaban J connectivity index is 1.89. The maximum absolute atomic E-state index is 11.1. The summed E-state index contributed by atoms with van der Waals surface area (Å²) in [6, 6.07) is 14.7. The molecule has 0 aliphatic rings. The molecule has 3 aromatic rings. The number of aromatic carboxylic acids is 1. The zero-order valence-corrected chi connectivity index (χ0v) is 13.5. The Morgan fingerprint density at radius 3 is 2.58 bits per heavy atom. The molecular formula is C19H18N2O3. The molecule has 5 heteroatoms. The zero-order valence-electron chi connectivity index (χ0n) is 13.5. The van der Waals surface area contributed by atoms with Crippen molar-refractivity contribution >= 4 is 22.6 Å². The summed E-state index contributed by atoms with van der Waals surface area (Å²) in [6.07, 6.45) is 1.68. The molecule has 1 heterocycles. The third kappa shape index (κ3) is 3.15. The molecule has 24 heavy (non-hydrogen) atoms. The Morgan fingerprint density at radius 1 is 1.17 bits per heavy atom. The van der Waals surface area contributed by atoms with Crippen molar-refractivity contribution in [2.24, 2.45) is 0 Å². The minimum Gasteiger partial charge on any atom is -0.497 e. The lowest BCUT2D eigenvalue weighted by Crippen LogP contribution is -2.08. The van der Waals surface area contributed by atoms with Crippen LogP contribution in [0.5, 0.6) is 5.75 Å². The van der Waals surface area contributed by atoms with Crippen LogP contribution in [0.1, 0.15) is 28.9 Å². The van der Waals surface area contributed by atoms with Gasteiger partial charge in [0.05, 0.1) is 12.7 Å². The van der Waals surface area contributed by atoms with Crippen LogP contribution in [-0.2, 0) is 0 Å². The predicted octanol–water partition coefficient (Wildman–Crippen LogP) is 4.11. The number of aromatic nitrogens is 1. The van der Waals surface area contributed by atoms with Gasteiger partial charge in [0.25, 0.3) is 0 Å². The molecule has 0 amide bonds. The van der Waals surface area contributed by atoms with Crippen molar-refractivity contribution in [3.63, 3.8) is 0 Å². The number of methoxy groups -OCH3 is 1. The number of hydrogen-bond donors (Lipinski definition) is 2. The van der Waals surface area contributed by atoms with Gasteiger partial charge < -0.3 is 15.2 Å². The van der Waals surface area contributed by atoms with Crippen molar-refractivity contribution in [2.75, 3.05) is 12.4 Å². The van der Waals surface area contributed by atoms with Crippen LogP contribution >= 0.6 is 0 Å². The highest BCUT2D eigenvalue weighted by Crippen LogP contribution is 2.26. The molecule has 0 fully saturated rings. The fourth-order valence-electron chi connectivity index (χ4n) is 2.61. The number of benzene rings is 2. The fraction of sp³-hybridized carbons (Fsp3) is 0.158. The molecule has 5 nitrogen and oxygen atoms in total. The second-order valence-electron chi connectivity index (χ2n) is 5.54. The first-order valence-electron chi connectivity index (χ1n) is 7.61. The topological polar surface area (TPSA) is 71.5 Å². The lowest BCUT2D eigenvalue weighted by molar-refractivity contribution is 0.0697. The van der Waals surface area contributed by atoms with Crippen molar-refractivity contribution in [2.45, 2.75) is 13.0 Å². The van der Waals surface area contributed by atoms with E-state index in [-0.39, 0.29) is 11.6 Å². The Hall–Kier alpha value is -3.08. The Bertz CT molecular complexity index is 875. The van der Waals surface area contributed by atoms with Gasteiger partial charge in [-0.3, -0.25) is 0 Å². The quantitative estimate of drug-likeness (QED) is 0.739. The highest BCUT2D eigenvalue weighted by Gasteiger charge is 2.10. The lowest BCUT2D eigenvalue weighted by atomic mass is 10.1. The molecule has 0 saturated carbocycles. The number of fused-ring (bicyclic) bond motifs is 1. The third-order valence-electron chi connectivity index (χ3n) is 3.98. The Labute approximate surface area is 139 Å². The minimum atomic E-state index is -0.935. The average molecular weight is 322 g/mol. The van der Waals surface area contributed by atoms with Gasteiger partial charge in [-0.2, -0.15) is 0 Å². The van der Waals surface area contributed by atoms with E-state index in [4.69, 9.17) is 9.84 Å². The normalized spacial score (nSPS) is 11.9. The molecule has 1 unspecified atom stereocenters. The maximum atomic E-state index is 11.1. The molecule has 3 rings (SSSR count). The smallest absolute Gasteiger partial charge is 0.335 e. The van der Waals surface area contributed by atoms with Crippen LogP contribution in [0.2, 0.25) is 0 Å². The van der Waals surface area contributed by atoms with Gasteiger partial charge in [0.1, 0.15) is 11.6 Å². The van der Waals surface area contributed by atoms with Crippen LogP contribution in [0.15, 0.2) is 54.7 Å². The van der Waals surface area contributed by atoms with Crippen LogP contribution in [0.4, 0.5) is 5.82 Å². The largest absolute Gasteiger partial charge is 0.497 e. The number of anilines is 1. The number of carboxylic acids is 1. The van der Waals surface area contributed by atoms with E-state index in [2.05, 4.69) is 10.3 Å². The molecule has 0 bridgehead atoms. The van der Waals surface area contributed by atoms with Gasteiger partial charge in [-0.1, -0.05) is 12.1 Å². The minimum absolute atomic E-state index is 0.0492. The Morgan fingerprint density at radius 2 is 1.92 bits per heavy atom. The molecule has 0 aliphatic carbocycles. The van der Waals surface area contributed by atoms with Crippen LogP contribution in [0.3, 0.4) is 0 Å². The van der Waals surface area contributed by atoms with Crippen LogP contribution < -0.4 is 10.1 Å². The van der Waals surface area contributed by atoms with E-state index in [1.54, 1.807) is 31.5 Å². The molecule has 0 aliphatic heterocycles. The molecule has 2 aromatic carbocycles. The van der Waals surface area contributed by atoms with Crippen molar-refractivity contribution in [3.8, 4) is 5.75 Å². The molecular weight excluding hydrogens is 304 g/mol. The average Bonchev–Trinajstić information content (AvgIpc) is 2.61. The second kappa shape index (κ2) is 6.58. The number of ether oxygens (including phenoxy) is 1. The van der Waals surface area contributed by atoms with Gasteiger partial charge in [-0.25, -0.2) is 9.78 Å². The SMILES string of the molecule is COc1ccc(C(C)Nc2nccc3cc(C(=O)O)ccc23)cc1. The van der Waals surface area contributed by atoms with E-state index in [9.17, 15) is 4.79 Å². The monoisotopic (exact) mass is 322 g/mol. The predicted molar refractivity (Wildman–Crippen MR) is 93.7 cm³/mol. The number of rotatable bonds is 5. The standard InChI is InChI=1S/C19H18N2O3/c1-12(13-3-6-16(24-2)7-4-13)21-18-17-8-5-15(19(22)23)11-14(17)9-10-20-18/h3-12H,1-2H3,(H,20,21)(H,22,23). The molecule has 0 saturated heterocycles. The zero-order chi connectivity index (χ0) is 17.1.